The molecular weight excluding hydrogens is 316 g/mol. The summed E-state index contributed by atoms with van der Waals surface area (Å²) in [6.07, 6.45) is 0. The van der Waals surface area contributed by atoms with Crippen LogP contribution in [0.2, 0.25) is 0 Å². The largest absolute Gasteiger partial charge is 0.484 e. The van der Waals surface area contributed by atoms with Crippen molar-refractivity contribution in [3.63, 3.8) is 0 Å². The molecule has 2 aromatic carbocycles. The van der Waals surface area contributed by atoms with Gasteiger partial charge >= 0.3 is 0 Å². The first kappa shape index (κ1) is 17.0. The number of nitrogens with two attached hydrogens (primary N) is 1. The number of hydrogen-bond acceptors (Lipinski definition) is 4. The first-order valence-corrected chi connectivity index (χ1v) is 8.26. The molecule has 1 amide bonds. The van der Waals surface area contributed by atoms with Crippen molar-refractivity contribution in [3.05, 3.63) is 65.4 Å². The van der Waals surface area contributed by atoms with Crippen molar-refractivity contribution >= 4 is 16.9 Å². The van der Waals surface area contributed by atoms with Crippen LogP contribution >= 0.6 is 0 Å². The molecule has 0 aliphatic rings. The van der Waals surface area contributed by atoms with E-state index in [2.05, 4.69) is 25.2 Å². The molecule has 5 nitrogen and oxygen atoms in total. The van der Waals surface area contributed by atoms with Crippen LogP contribution in [0.5, 0.6) is 5.75 Å². The van der Waals surface area contributed by atoms with Crippen LogP contribution in [-0.4, -0.2) is 12.5 Å². The van der Waals surface area contributed by atoms with Gasteiger partial charge in [-0.15, -0.1) is 0 Å². The van der Waals surface area contributed by atoms with Crippen LogP contribution in [0.3, 0.4) is 0 Å². The zero-order valence-corrected chi connectivity index (χ0v) is 14.4. The number of benzene rings is 2. The van der Waals surface area contributed by atoms with Crippen molar-refractivity contribution in [2.45, 2.75) is 26.4 Å². The number of para-hydroxylation sites is 1. The SMILES string of the molecule is Cc1c([C@@H](C)NCc2cccc(OCC(N)=O)c2)oc2ccccc12. The van der Waals surface area contributed by atoms with Gasteiger partial charge in [-0.3, -0.25) is 4.79 Å². The molecular formula is C20H22N2O3. The summed E-state index contributed by atoms with van der Waals surface area (Å²) in [6.45, 7) is 4.70. The zero-order valence-electron chi connectivity index (χ0n) is 14.4. The lowest BCUT2D eigenvalue weighted by Gasteiger charge is -2.13. The maximum absolute atomic E-state index is 10.8. The van der Waals surface area contributed by atoms with Crippen molar-refractivity contribution in [3.8, 4) is 5.75 Å². The monoisotopic (exact) mass is 338 g/mol. The van der Waals surface area contributed by atoms with Crippen LogP contribution in [0.25, 0.3) is 11.0 Å². The Morgan fingerprint density at radius 3 is 2.80 bits per heavy atom. The molecule has 25 heavy (non-hydrogen) atoms. The molecule has 1 aromatic heterocycles. The van der Waals surface area contributed by atoms with E-state index in [-0.39, 0.29) is 12.6 Å². The minimum atomic E-state index is -0.488. The molecule has 0 saturated carbocycles. The van der Waals surface area contributed by atoms with Gasteiger partial charge in [0.15, 0.2) is 6.61 Å². The van der Waals surface area contributed by atoms with Crippen LogP contribution in [0.1, 0.15) is 29.9 Å². The molecule has 0 aliphatic carbocycles. The van der Waals surface area contributed by atoms with Gasteiger partial charge in [-0.05, 0) is 43.2 Å². The standard InChI is InChI=1S/C20H22N2O3/c1-13-17-8-3-4-9-18(17)25-20(13)14(2)22-11-15-6-5-7-16(10-15)24-12-19(21)23/h3-10,14,22H,11-12H2,1-2H3,(H2,21,23)/t14-/m1/s1. The average Bonchev–Trinajstić information content (AvgIpc) is 2.95. The number of amides is 1. The normalized spacial score (nSPS) is 12.2. The quantitative estimate of drug-likeness (QED) is 0.691. The van der Waals surface area contributed by atoms with E-state index in [0.29, 0.717) is 12.3 Å². The summed E-state index contributed by atoms with van der Waals surface area (Å²) in [5.74, 6) is 1.09. The number of aryl methyl sites for hydroxylation is 1. The Labute approximate surface area is 146 Å². The molecule has 3 aromatic rings. The second-order valence-electron chi connectivity index (χ2n) is 6.09. The third-order valence-electron chi connectivity index (χ3n) is 4.17. The van der Waals surface area contributed by atoms with Gasteiger partial charge in [-0.25, -0.2) is 0 Å². The summed E-state index contributed by atoms with van der Waals surface area (Å²) in [7, 11) is 0. The Bertz CT molecular complexity index is 886. The van der Waals surface area contributed by atoms with Crippen LogP contribution in [0.4, 0.5) is 0 Å². The second-order valence-corrected chi connectivity index (χ2v) is 6.09. The van der Waals surface area contributed by atoms with E-state index < -0.39 is 5.91 Å². The summed E-state index contributed by atoms with van der Waals surface area (Å²) in [5.41, 5.74) is 8.23. The molecule has 0 unspecified atom stereocenters. The van der Waals surface area contributed by atoms with Crippen molar-refractivity contribution in [1.29, 1.82) is 0 Å². The van der Waals surface area contributed by atoms with Crippen LogP contribution in [0, 0.1) is 6.92 Å². The average molecular weight is 338 g/mol. The van der Waals surface area contributed by atoms with Crippen LogP contribution in [0.15, 0.2) is 52.9 Å². The van der Waals surface area contributed by atoms with Crippen molar-refractivity contribution in [2.24, 2.45) is 5.73 Å². The molecule has 1 atom stereocenters. The lowest BCUT2D eigenvalue weighted by molar-refractivity contribution is -0.119. The van der Waals surface area contributed by atoms with E-state index in [4.69, 9.17) is 14.9 Å². The number of carbonyl (C=O) groups is 1. The van der Waals surface area contributed by atoms with E-state index in [1.54, 1.807) is 6.07 Å². The van der Waals surface area contributed by atoms with Gasteiger partial charge in [-0.2, -0.15) is 0 Å². The molecule has 0 saturated heterocycles. The van der Waals surface area contributed by atoms with Gasteiger partial charge in [0.2, 0.25) is 0 Å². The highest BCUT2D eigenvalue weighted by molar-refractivity contribution is 5.82. The molecule has 3 N–H and O–H groups in total. The third kappa shape index (κ3) is 4.00. The lowest BCUT2D eigenvalue weighted by Crippen LogP contribution is -2.20. The van der Waals surface area contributed by atoms with Crippen LogP contribution in [-0.2, 0) is 11.3 Å². The van der Waals surface area contributed by atoms with Crippen molar-refractivity contribution in [2.75, 3.05) is 6.61 Å². The second kappa shape index (κ2) is 7.40. The fourth-order valence-corrected chi connectivity index (χ4v) is 2.87. The first-order valence-electron chi connectivity index (χ1n) is 8.26. The first-order chi connectivity index (χ1) is 12.0. The topological polar surface area (TPSA) is 77.5 Å². The summed E-state index contributed by atoms with van der Waals surface area (Å²) < 4.78 is 11.3. The highest BCUT2D eigenvalue weighted by atomic mass is 16.5. The van der Waals surface area contributed by atoms with Gasteiger partial charge < -0.3 is 20.2 Å². The number of hydrogen-bond donors (Lipinski definition) is 2. The predicted molar refractivity (Wildman–Crippen MR) is 97.3 cm³/mol. The number of ether oxygens (including phenoxy) is 1. The van der Waals surface area contributed by atoms with Crippen LogP contribution < -0.4 is 15.8 Å². The summed E-state index contributed by atoms with van der Waals surface area (Å²) in [6, 6.07) is 15.7. The molecule has 0 bridgehead atoms. The Balaban J connectivity index is 1.67. The molecule has 0 fully saturated rings. The van der Waals surface area contributed by atoms with Gasteiger partial charge in [-0.1, -0.05) is 30.3 Å². The van der Waals surface area contributed by atoms with Gasteiger partial charge in [0.25, 0.3) is 5.91 Å². The van der Waals surface area contributed by atoms with Crippen molar-refractivity contribution < 1.29 is 13.9 Å². The lowest BCUT2D eigenvalue weighted by atomic mass is 10.1. The van der Waals surface area contributed by atoms with Gasteiger partial charge in [0.1, 0.15) is 17.1 Å². The maximum Gasteiger partial charge on any atom is 0.255 e. The number of primary amides is 1. The number of carbonyl (C=O) groups excluding carboxylic acids is 1. The van der Waals surface area contributed by atoms with E-state index in [1.807, 2.05) is 36.4 Å². The smallest absolute Gasteiger partial charge is 0.255 e. The Morgan fingerprint density at radius 1 is 1.24 bits per heavy atom. The Hall–Kier alpha value is -2.79. The molecule has 130 valence electrons. The molecule has 0 aliphatic heterocycles. The molecule has 5 heteroatoms. The van der Waals surface area contributed by atoms with E-state index in [1.165, 1.54) is 0 Å². The van der Waals surface area contributed by atoms with E-state index >= 15 is 0 Å². The van der Waals surface area contributed by atoms with Gasteiger partial charge in [0.05, 0.1) is 6.04 Å². The van der Waals surface area contributed by atoms with Gasteiger partial charge in [0, 0.05) is 11.9 Å². The molecule has 3 rings (SSSR count). The highest BCUT2D eigenvalue weighted by Gasteiger charge is 2.16. The molecule has 0 radical (unpaired) electrons. The van der Waals surface area contributed by atoms with E-state index in [9.17, 15) is 4.79 Å². The van der Waals surface area contributed by atoms with Crippen molar-refractivity contribution in [1.82, 2.24) is 5.32 Å². The molecule has 1 heterocycles. The Kier molecular flexibility index (Phi) is 5.05. The number of nitrogens with one attached hydrogen (secondary N) is 1. The minimum Gasteiger partial charge on any atom is -0.484 e. The fourth-order valence-electron chi connectivity index (χ4n) is 2.87. The number of fused-ring (bicyclic) bond motifs is 1. The Morgan fingerprint density at radius 2 is 2.04 bits per heavy atom. The summed E-state index contributed by atoms with van der Waals surface area (Å²) in [4.78, 5) is 10.8. The summed E-state index contributed by atoms with van der Waals surface area (Å²) >= 11 is 0. The molecule has 0 spiro atoms. The minimum absolute atomic E-state index is 0.0718. The summed E-state index contributed by atoms with van der Waals surface area (Å²) in [5, 5.41) is 4.61. The maximum atomic E-state index is 10.8. The highest BCUT2D eigenvalue weighted by Crippen LogP contribution is 2.29. The number of furan rings is 1. The van der Waals surface area contributed by atoms with E-state index in [0.717, 1.165) is 27.9 Å². The third-order valence-corrected chi connectivity index (χ3v) is 4.17. The predicted octanol–water partition coefficient (Wildman–Crippen LogP) is 3.46. The zero-order chi connectivity index (χ0) is 17.8. The fraction of sp³-hybridized carbons (Fsp3) is 0.250. The number of rotatable bonds is 7.